The van der Waals surface area contributed by atoms with Crippen molar-refractivity contribution in [3.8, 4) is 0 Å². The van der Waals surface area contributed by atoms with Crippen LogP contribution in [0.2, 0.25) is 0 Å². The molecule has 0 aliphatic carbocycles. The molecule has 0 bridgehead atoms. The minimum absolute atomic E-state index is 0.132. The van der Waals surface area contributed by atoms with Gasteiger partial charge in [0.15, 0.2) is 4.34 Å². The maximum absolute atomic E-state index is 11.8. The van der Waals surface area contributed by atoms with E-state index >= 15 is 0 Å². The molecule has 0 spiro atoms. The first-order valence-corrected chi connectivity index (χ1v) is 8.19. The van der Waals surface area contributed by atoms with Crippen molar-refractivity contribution in [3.05, 3.63) is 6.20 Å². The van der Waals surface area contributed by atoms with Gasteiger partial charge in [-0.25, -0.2) is 4.99 Å². The van der Waals surface area contributed by atoms with Gasteiger partial charge in [-0.3, -0.25) is 4.52 Å². The molecule has 3 rings (SSSR count). The number of nitrogens with zero attached hydrogens (tertiary/aromatic N) is 6. The molecule has 2 aromatic rings. The predicted molar refractivity (Wildman–Crippen MR) is 77.6 cm³/mol. The van der Waals surface area contributed by atoms with Crippen LogP contribution in [0.4, 0.5) is 11.0 Å². The highest BCUT2D eigenvalue weighted by atomic mass is 32.2. The summed E-state index contributed by atoms with van der Waals surface area (Å²) < 4.78 is 10.9. The van der Waals surface area contributed by atoms with E-state index in [-0.39, 0.29) is 17.5 Å². The van der Waals surface area contributed by atoms with Crippen LogP contribution < -0.4 is 20.6 Å². The van der Waals surface area contributed by atoms with Crippen LogP contribution in [0.3, 0.4) is 0 Å². The summed E-state index contributed by atoms with van der Waals surface area (Å²) in [6.45, 7) is 2.68. The summed E-state index contributed by atoms with van der Waals surface area (Å²) in [5.41, 5.74) is 5.47. The molecular formula is C10H13N7O3S2. The van der Waals surface area contributed by atoms with Crippen molar-refractivity contribution in [1.29, 1.82) is 0 Å². The lowest BCUT2D eigenvalue weighted by atomic mass is 10.5. The fourth-order valence-electron chi connectivity index (χ4n) is 1.73. The Hall–Kier alpha value is -1.92. The molecular weight excluding hydrogens is 330 g/mol. The number of morpholine rings is 1. The van der Waals surface area contributed by atoms with Crippen LogP contribution in [0, 0.1) is 0 Å². The van der Waals surface area contributed by atoms with Gasteiger partial charge in [0.25, 0.3) is 6.20 Å². The molecule has 0 saturated carbocycles. The van der Waals surface area contributed by atoms with Crippen molar-refractivity contribution in [1.82, 2.24) is 15.5 Å². The third-order valence-corrected chi connectivity index (χ3v) is 4.57. The summed E-state index contributed by atoms with van der Waals surface area (Å²) in [6, 6.07) is 0. The molecule has 3 heterocycles. The van der Waals surface area contributed by atoms with Crippen LogP contribution in [-0.4, -0.2) is 53.4 Å². The smallest absolute Gasteiger partial charge is 0.324 e. The Morgan fingerprint density at radius 1 is 1.50 bits per heavy atom. The number of ether oxygens (including phenoxy) is 1. The SMILES string of the molecule is Nc1nnc(SC/C([O-])=N\c2c[n+](N3CCOCC3)no2)s1. The molecule has 118 valence electrons. The first-order valence-electron chi connectivity index (χ1n) is 6.39. The Balaban J connectivity index is 1.57. The lowest BCUT2D eigenvalue weighted by Gasteiger charge is -2.18. The average Bonchev–Trinajstić information content (AvgIpc) is 3.15. The number of hydrogen-bond acceptors (Lipinski definition) is 11. The fraction of sp³-hybridized carbons (Fsp3) is 0.500. The zero-order valence-electron chi connectivity index (χ0n) is 11.4. The van der Waals surface area contributed by atoms with Crippen molar-refractivity contribution < 1.29 is 19.2 Å². The largest absolute Gasteiger partial charge is 0.861 e. The predicted octanol–water partition coefficient (Wildman–Crippen LogP) is -1.45. The highest BCUT2D eigenvalue weighted by Crippen LogP contribution is 2.23. The molecule has 1 saturated heterocycles. The summed E-state index contributed by atoms with van der Waals surface area (Å²) in [5, 5.41) is 25.4. The first-order chi connectivity index (χ1) is 10.7. The minimum atomic E-state index is -0.343. The Kier molecular flexibility index (Phi) is 4.70. The van der Waals surface area contributed by atoms with Gasteiger partial charge in [0.1, 0.15) is 0 Å². The van der Waals surface area contributed by atoms with E-state index in [0.29, 0.717) is 35.8 Å². The number of rotatable bonds is 5. The third-order valence-electron chi connectivity index (χ3n) is 2.70. The van der Waals surface area contributed by atoms with Crippen molar-refractivity contribution in [3.63, 3.8) is 0 Å². The Bertz CT molecular complexity index is 652. The van der Waals surface area contributed by atoms with Crippen LogP contribution in [0.25, 0.3) is 0 Å². The quantitative estimate of drug-likeness (QED) is 0.300. The fourth-order valence-corrected chi connectivity index (χ4v) is 3.15. The molecule has 1 aliphatic rings. The molecule has 1 fully saturated rings. The lowest BCUT2D eigenvalue weighted by Crippen LogP contribution is -2.62. The van der Waals surface area contributed by atoms with Gasteiger partial charge in [0.2, 0.25) is 10.4 Å². The molecule has 0 atom stereocenters. The summed E-state index contributed by atoms with van der Waals surface area (Å²) in [5.74, 6) is -0.0506. The average molecular weight is 343 g/mol. The number of aliphatic imine (C=N–C) groups is 1. The second-order valence-corrected chi connectivity index (χ2v) is 6.46. The molecule has 12 heteroatoms. The molecule has 0 radical (unpaired) electrons. The van der Waals surface area contributed by atoms with Gasteiger partial charge in [-0.2, -0.15) is 0 Å². The summed E-state index contributed by atoms with van der Waals surface area (Å²) >= 11 is 2.45. The maximum Gasteiger partial charge on any atom is 0.324 e. The molecule has 2 N–H and O–H groups in total. The molecule has 0 aromatic carbocycles. The molecule has 10 nitrogen and oxygen atoms in total. The standard InChI is InChI=1S/C10H13N7O3S2/c11-9-13-14-10(22-9)21-6-7(18)12-8-5-17(15-20-8)16-1-3-19-4-2-16/h5H,1-4,6H2,(H2-,11,12,13,15,18). The topological polar surface area (TPSA) is 130 Å². The zero-order chi connectivity index (χ0) is 15.4. The highest BCUT2D eigenvalue weighted by molar-refractivity contribution is 8.01. The van der Waals surface area contributed by atoms with E-state index in [0.717, 1.165) is 0 Å². The number of anilines is 1. The second-order valence-electron chi connectivity index (χ2n) is 4.23. The normalized spacial score (nSPS) is 16.2. The molecule has 0 amide bonds. The van der Waals surface area contributed by atoms with Crippen molar-refractivity contribution in [2.75, 3.05) is 42.8 Å². The Morgan fingerprint density at radius 2 is 2.32 bits per heavy atom. The second kappa shape index (κ2) is 6.89. The van der Waals surface area contributed by atoms with E-state index in [1.54, 1.807) is 6.20 Å². The lowest BCUT2D eigenvalue weighted by molar-refractivity contribution is -0.759. The highest BCUT2D eigenvalue weighted by Gasteiger charge is 2.22. The van der Waals surface area contributed by atoms with Crippen LogP contribution >= 0.6 is 23.1 Å². The van der Waals surface area contributed by atoms with Crippen LogP contribution in [0.1, 0.15) is 0 Å². The van der Waals surface area contributed by atoms with E-state index < -0.39 is 0 Å². The number of nitrogen functional groups attached to an aromatic ring is 1. The van der Waals surface area contributed by atoms with E-state index in [1.165, 1.54) is 27.9 Å². The summed E-state index contributed by atoms with van der Waals surface area (Å²) in [6.07, 6.45) is 1.57. The Morgan fingerprint density at radius 3 is 3.05 bits per heavy atom. The number of nitrogens with two attached hydrogens (primary N) is 1. The van der Waals surface area contributed by atoms with Crippen molar-refractivity contribution >= 4 is 40.0 Å². The van der Waals surface area contributed by atoms with Gasteiger partial charge in [-0.05, 0) is 5.90 Å². The van der Waals surface area contributed by atoms with Gasteiger partial charge in [-0.1, -0.05) is 23.1 Å². The number of aromatic nitrogens is 4. The van der Waals surface area contributed by atoms with Gasteiger partial charge in [0.05, 0.1) is 31.1 Å². The van der Waals surface area contributed by atoms with E-state index in [2.05, 4.69) is 20.5 Å². The molecule has 0 unspecified atom stereocenters. The van der Waals surface area contributed by atoms with Gasteiger partial charge in [-0.15, -0.1) is 15.2 Å². The molecule has 2 aromatic heterocycles. The van der Waals surface area contributed by atoms with Crippen LogP contribution in [0.15, 0.2) is 20.1 Å². The molecule has 22 heavy (non-hydrogen) atoms. The van der Waals surface area contributed by atoms with Gasteiger partial charge < -0.3 is 15.6 Å². The van der Waals surface area contributed by atoms with E-state index in [1.807, 2.05) is 5.01 Å². The van der Waals surface area contributed by atoms with Gasteiger partial charge >= 0.3 is 5.88 Å². The zero-order valence-corrected chi connectivity index (χ0v) is 13.0. The summed E-state index contributed by atoms with van der Waals surface area (Å²) in [7, 11) is 0. The monoisotopic (exact) mass is 343 g/mol. The summed E-state index contributed by atoms with van der Waals surface area (Å²) in [4.78, 5) is 5.39. The first kappa shape index (κ1) is 15.0. The number of hydrogen-bond donors (Lipinski definition) is 1. The van der Waals surface area contributed by atoms with E-state index in [9.17, 15) is 5.11 Å². The number of thioether (sulfide) groups is 1. The molecule has 1 aliphatic heterocycles. The van der Waals surface area contributed by atoms with Gasteiger partial charge in [0, 0.05) is 5.75 Å². The van der Waals surface area contributed by atoms with Crippen molar-refractivity contribution in [2.45, 2.75) is 4.34 Å². The van der Waals surface area contributed by atoms with Crippen molar-refractivity contribution in [2.24, 2.45) is 4.99 Å². The van der Waals surface area contributed by atoms with E-state index in [4.69, 9.17) is 15.0 Å². The van der Waals surface area contributed by atoms with Crippen LogP contribution in [-0.2, 0) is 4.74 Å². The third kappa shape index (κ3) is 3.84. The maximum atomic E-state index is 11.8. The van der Waals surface area contributed by atoms with Crippen LogP contribution in [0.5, 0.6) is 0 Å². The Labute approximate surface area is 133 Å². The minimum Gasteiger partial charge on any atom is -0.861 e.